The van der Waals surface area contributed by atoms with Crippen LogP contribution >= 0.6 is 0 Å². The van der Waals surface area contributed by atoms with Crippen LogP contribution in [-0.2, 0) is 10.3 Å². The first-order chi connectivity index (χ1) is 8.55. The van der Waals surface area contributed by atoms with Crippen LogP contribution in [0.5, 0.6) is 0 Å². The zero-order valence-electron chi connectivity index (χ0n) is 11.1. The minimum atomic E-state index is -0.901. The molecule has 0 spiro atoms. The normalized spacial score (nSPS) is 21.4. The quantitative estimate of drug-likeness (QED) is 0.892. The molecule has 0 amide bonds. The maximum absolute atomic E-state index is 11.8. The Morgan fingerprint density at radius 2 is 1.83 bits per heavy atom. The molecule has 1 N–H and O–H groups in total. The average Bonchev–Trinajstić information content (AvgIpc) is 2.39. The van der Waals surface area contributed by atoms with Gasteiger partial charge in [0, 0.05) is 0 Å². The summed E-state index contributed by atoms with van der Waals surface area (Å²) in [5.74, 6) is -0.0571. The Kier molecular flexibility index (Phi) is 3.71. The zero-order valence-corrected chi connectivity index (χ0v) is 11.1. The number of carbonyl (C=O) groups is 1. The number of aliphatic carboxylic acids is 1. The minimum Gasteiger partial charge on any atom is -0.480 e. The molecule has 3 heteroatoms. The van der Waals surface area contributed by atoms with Gasteiger partial charge in [-0.25, -0.2) is 4.79 Å². The van der Waals surface area contributed by atoms with Gasteiger partial charge in [0.2, 0.25) is 0 Å². The van der Waals surface area contributed by atoms with Crippen molar-refractivity contribution in [2.45, 2.75) is 32.2 Å². The van der Waals surface area contributed by atoms with Gasteiger partial charge < -0.3 is 5.11 Å². The van der Waals surface area contributed by atoms with Crippen molar-refractivity contribution < 1.29 is 9.90 Å². The van der Waals surface area contributed by atoms with Gasteiger partial charge in [0.1, 0.15) is 5.54 Å². The number of benzene rings is 1. The van der Waals surface area contributed by atoms with E-state index in [-0.39, 0.29) is 0 Å². The molecule has 2 rings (SSSR count). The molecule has 1 aromatic carbocycles. The number of carboxylic acid groups (broad SMARTS) is 1. The van der Waals surface area contributed by atoms with Gasteiger partial charge in [-0.15, -0.1) is 0 Å². The van der Waals surface area contributed by atoms with Crippen molar-refractivity contribution >= 4 is 5.97 Å². The van der Waals surface area contributed by atoms with Crippen LogP contribution in [0.4, 0.5) is 0 Å². The molecule has 98 valence electrons. The number of hydrogen-bond acceptors (Lipinski definition) is 2. The van der Waals surface area contributed by atoms with Crippen molar-refractivity contribution in [2.24, 2.45) is 5.92 Å². The smallest absolute Gasteiger partial charge is 0.328 e. The molecule has 1 atom stereocenters. The Morgan fingerprint density at radius 1 is 1.28 bits per heavy atom. The molecule has 1 fully saturated rings. The van der Waals surface area contributed by atoms with Gasteiger partial charge in [-0.3, -0.25) is 4.90 Å². The lowest BCUT2D eigenvalue weighted by Crippen LogP contribution is -2.52. The van der Waals surface area contributed by atoms with E-state index in [2.05, 4.69) is 11.8 Å². The predicted octanol–water partition coefficient (Wildman–Crippen LogP) is 2.72. The first kappa shape index (κ1) is 13.1. The van der Waals surface area contributed by atoms with Gasteiger partial charge in [-0.2, -0.15) is 0 Å². The van der Waals surface area contributed by atoms with E-state index in [4.69, 9.17) is 0 Å². The molecule has 3 nitrogen and oxygen atoms in total. The summed E-state index contributed by atoms with van der Waals surface area (Å²) in [4.78, 5) is 13.9. The van der Waals surface area contributed by atoms with Gasteiger partial charge in [0.05, 0.1) is 0 Å². The van der Waals surface area contributed by atoms with Crippen LogP contribution in [0.2, 0.25) is 0 Å². The second-order valence-electron chi connectivity index (χ2n) is 5.41. The molecular weight excluding hydrogens is 226 g/mol. The van der Waals surface area contributed by atoms with Gasteiger partial charge in [0.15, 0.2) is 0 Å². The van der Waals surface area contributed by atoms with Crippen molar-refractivity contribution in [3.05, 3.63) is 35.9 Å². The van der Waals surface area contributed by atoms with Gasteiger partial charge in [0.25, 0.3) is 0 Å². The van der Waals surface area contributed by atoms with E-state index in [0.717, 1.165) is 31.5 Å². The molecule has 1 aromatic rings. The Balaban J connectivity index is 2.30. The minimum absolute atomic E-state index is 0.704. The lowest BCUT2D eigenvalue weighted by molar-refractivity contribution is -0.152. The molecular formula is C15H21NO2. The number of rotatable bonds is 3. The first-order valence-corrected chi connectivity index (χ1v) is 6.59. The van der Waals surface area contributed by atoms with Gasteiger partial charge >= 0.3 is 5.97 Å². The SMILES string of the molecule is CC1CCN([C@](C)(C(=O)O)c2ccccc2)CC1. The highest BCUT2D eigenvalue weighted by Crippen LogP contribution is 2.32. The number of hydrogen-bond donors (Lipinski definition) is 1. The van der Waals surface area contributed by atoms with Crippen LogP contribution in [0, 0.1) is 5.92 Å². The second kappa shape index (κ2) is 5.11. The van der Waals surface area contributed by atoms with Crippen LogP contribution in [0.25, 0.3) is 0 Å². The topological polar surface area (TPSA) is 40.5 Å². The predicted molar refractivity (Wildman–Crippen MR) is 71.4 cm³/mol. The fourth-order valence-electron chi connectivity index (χ4n) is 2.66. The summed E-state index contributed by atoms with van der Waals surface area (Å²) in [6.07, 6.45) is 2.16. The largest absolute Gasteiger partial charge is 0.480 e. The van der Waals surface area contributed by atoms with Gasteiger partial charge in [-0.1, -0.05) is 37.3 Å². The van der Waals surface area contributed by atoms with Crippen LogP contribution in [0.1, 0.15) is 32.3 Å². The summed E-state index contributed by atoms with van der Waals surface area (Å²) >= 11 is 0. The molecule has 1 aliphatic rings. The van der Waals surface area contributed by atoms with Crippen LogP contribution in [0.15, 0.2) is 30.3 Å². The van der Waals surface area contributed by atoms with Crippen LogP contribution in [0.3, 0.4) is 0 Å². The first-order valence-electron chi connectivity index (χ1n) is 6.59. The van der Waals surface area contributed by atoms with E-state index >= 15 is 0 Å². The summed E-state index contributed by atoms with van der Waals surface area (Å²) < 4.78 is 0. The summed E-state index contributed by atoms with van der Waals surface area (Å²) in [6, 6.07) is 9.55. The number of carboxylic acids is 1. The van der Waals surface area contributed by atoms with Crippen molar-refractivity contribution in [3.8, 4) is 0 Å². The number of likely N-dealkylation sites (tertiary alicyclic amines) is 1. The zero-order chi connectivity index (χ0) is 13.2. The maximum atomic E-state index is 11.8. The number of nitrogens with zero attached hydrogens (tertiary/aromatic N) is 1. The third-order valence-electron chi connectivity index (χ3n) is 4.17. The molecule has 0 saturated carbocycles. The Bertz CT molecular complexity index is 410. The highest BCUT2D eigenvalue weighted by molar-refractivity contribution is 5.80. The standard InChI is InChI=1S/C15H21NO2/c1-12-8-10-16(11-9-12)15(2,14(17)18)13-6-4-3-5-7-13/h3-7,12H,8-11H2,1-2H3,(H,17,18)/t15-/m0/s1. The molecule has 1 heterocycles. The van der Waals surface area contributed by atoms with E-state index in [0.29, 0.717) is 5.92 Å². The van der Waals surface area contributed by atoms with E-state index in [9.17, 15) is 9.90 Å². The Hall–Kier alpha value is -1.35. The fourth-order valence-corrected chi connectivity index (χ4v) is 2.66. The highest BCUT2D eigenvalue weighted by atomic mass is 16.4. The van der Waals surface area contributed by atoms with Crippen molar-refractivity contribution in [2.75, 3.05) is 13.1 Å². The molecule has 0 aliphatic carbocycles. The molecule has 0 radical (unpaired) electrons. The molecule has 0 unspecified atom stereocenters. The van der Waals surface area contributed by atoms with Gasteiger partial charge in [-0.05, 0) is 44.3 Å². The Morgan fingerprint density at radius 3 is 2.33 bits per heavy atom. The van der Waals surface area contributed by atoms with Crippen molar-refractivity contribution in [3.63, 3.8) is 0 Å². The summed E-state index contributed by atoms with van der Waals surface area (Å²) in [5, 5.41) is 9.66. The van der Waals surface area contributed by atoms with Crippen molar-refractivity contribution in [1.29, 1.82) is 0 Å². The third kappa shape index (κ3) is 2.27. The lowest BCUT2D eigenvalue weighted by Gasteiger charge is -2.42. The van der Waals surface area contributed by atoms with Crippen LogP contribution < -0.4 is 0 Å². The van der Waals surface area contributed by atoms with E-state index < -0.39 is 11.5 Å². The summed E-state index contributed by atoms with van der Waals surface area (Å²) in [6.45, 7) is 5.77. The molecule has 0 bridgehead atoms. The number of piperidine rings is 1. The molecule has 18 heavy (non-hydrogen) atoms. The van der Waals surface area contributed by atoms with Crippen LogP contribution in [-0.4, -0.2) is 29.1 Å². The lowest BCUT2D eigenvalue weighted by atomic mass is 9.86. The average molecular weight is 247 g/mol. The molecule has 1 aliphatic heterocycles. The molecule has 1 saturated heterocycles. The van der Waals surface area contributed by atoms with E-state index in [1.54, 1.807) is 0 Å². The maximum Gasteiger partial charge on any atom is 0.328 e. The fraction of sp³-hybridized carbons (Fsp3) is 0.533. The summed E-state index contributed by atoms with van der Waals surface area (Å²) in [7, 11) is 0. The van der Waals surface area contributed by atoms with Crippen molar-refractivity contribution in [1.82, 2.24) is 4.90 Å². The van der Waals surface area contributed by atoms with E-state index in [1.165, 1.54) is 0 Å². The summed E-state index contributed by atoms with van der Waals surface area (Å²) in [5.41, 5.74) is -0.0337. The monoisotopic (exact) mass is 247 g/mol. The third-order valence-corrected chi connectivity index (χ3v) is 4.17. The highest BCUT2D eigenvalue weighted by Gasteiger charge is 2.42. The Labute approximate surface area is 108 Å². The van der Waals surface area contributed by atoms with E-state index in [1.807, 2.05) is 37.3 Å². The molecule has 0 aromatic heterocycles. The second-order valence-corrected chi connectivity index (χ2v) is 5.41.